The molecule has 4 nitrogen and oxygen atoms in total. The molecule has 1 fully saturated rings. The third-order valence-electron chi connectivity index (χ3n) is 4.98. The lowest BCUT2D eigenvalue weighted by Crippen LogP contribution is -2.37. The Balaban J connectivity index is 1.71. The Bertz CT molecular complexity index is 573. The molecular formula is C17H24N2O2S. The smallest absolute Gasteiger partial charge is 0.263 e. The van der Waals surface area contributed by atoms with Crippen LogP contribution in [0.3, 0.4) is 0 Å². The molecule has 3 rings (SSSR count). The average Bonchev–Trinajstić information content (AvgIpc) is 2.97. The molecule has 0 saturated carbocycles. The van der Waals surface area contributed by atoms with Crippen molar-refractivity contribution in [1.29, 1.82) is 0 Å². The Hall–Kier alpha value is -1.36. The Kier molecular flexibility index (Phi) is 4.52. The lowest BCUT2D eigenvalue weighted by molar-refractivity contribution is -0.124. The van der Waals surface area contributed by atoms with Crippen molar-refractivity contribution in [3.05, 3.63) is 21.4 Å². The zero-order chi connectivity index (χ0) is 15.7. The van der Waals surface area contributed by atoms with E-state index in [1.807, 2.05) is 11.0 Å². The number of aryl methyl sites for hydroxylation is 1. The van der Waals surface area contributed by atoms with Gasteiger partial charge in [-0.3, -0.25) is 9.59 Å². The summed E-state index contributed by atoms with van der Waals surface area (Å²) < 4.78 is 0. The number of hydrogen-bond acceptors (Lipinski definition) is 3. The number of fused-ring (bicyclic) bond motifs is 1. The van der Waals surface area contributed by atoms with E-state index in [0.717, 1.165) is 56.0 Å². The highest BCUT2D eigenvalue weighted by Crippen LogP contribution is 2.33. The molecule has 0 bridgehead atoms. The molecule has 1 aliphatic carbocycles. The van der Waals surface area contributed by atoms with Crippen molar-refractivity contribution in [3.8, 4) is 0 Å². The minimum Gasteiger partial charge on any atom is -0.359 e. The van der Waals surface area contributed by atoms with Crippen LogP contribution in [0.5, 0.6) is 0 Å². The van der Waals surface area contributed by atoms with E-state index in [1.54, 1.807) is 18.4 Å². The highest BCUT2D eigenvalue weighted by Gasteiger charge is 2.28. The van der Waals surface area contributed by atoms with Crippen LogP contribution in [0.1, 0.15) is 46.3 Å². The molecule has 1 aliphatic heterocycles. The molecule has 22 heavy (non-hydrogen) atoms. The molecular weight excluding hydrogens is 296 g/mol. The molecule has 2 aliphatic rings. The second-order valence-electron chi connectivity index (χ2n) is 6.59. The zero-order valence-corrected chi connectivity index (χ0v) is 14.2. The van der Waals surface area contributed by atoms with Crippen molar-refractivity contribution < 1.29 is 9.59 Å². The van der Waals surface area contributed by atoms with Crippen LogP contribution in [0.25, 0.3) is 0 Å². The highest BCUT2D eigenvalue weighted by atomic mass is 32.1. The molecule has 1 unspecified atom stereocenters. The summed E-state index contributed by atoms with van der Waals surface area (Å²) in [5, 5.41) is 2.74. The standard InChI is InChI=1S/C17H24N2O2S/c1-11-5-7-19(8-6-11)17(21)15-10-13-9-12(16(20)18-2)3-4-14(13)22-15/h10-12H,3-9H2,1-2H3,(H,18,20). The lowest BCUT2D eigenvalue weighted by atomic mass is 9.88. The van der Waals surface area contributed by atoms with Crippen LogP contribution in [0.4, 0.5) is 0 Å². The monoisotopic (exact) mass is 320 g/mol. The molecule has 1 saturated heterocycles. The van der Waals surface area contributed by atoms with Gasteiger partial charge in [-0.2, -0.15) is 0 Å². The van der Waals surface area contributed by atoms with Gasteiger partial charge in [0.1, 0.15) is 0 Å². The van der Waals surface area contributed by atoms with Gasteiger partial charge in [0.2, 0.25) is 5.91 Å². The van der Waals surface area contributed by atoms with Crippen LogP contribution in [-0.2, 0) is 17.6 Å². The molecule has 120 valence electrons. The fraction of sp³-hybridized carbons (Fsp3) is 0.647. The van der Waals surface area contributed by atoms with E-state index < -0.39 is 0 Å². The van der Waals surface area contributed by atoms with Crippen molar-refractivity contribution in [1.82, 2.24) is 10.2 Å². The molecule has 0 spiro atoms. The number of nitrogens with one attached hydrogen (secondary N) is 1. The van der Waals surface area contributed by atoms with Gasteiger partial charge in [0.15, 0.2) is 0 Å². The maximum atomic E-state index is 12.7. The summed E-state index contributed by atoms with van der Waals surface area (Å²) in [6, 6.07) is 2.04. The largest absolute Gasteiger partial charge is 0.359 e. The Morgan fingerprint density at radius 3 is 2.68 bits per heavy atom. The zero-order valence-electron chi connectivity index (χ0n) is 13.4. The van der Waals surface area contributed by atoms with Crippen LogP contribution in [-0.4, -0.2) is 36.9 Å². The number of piperidine rings is 1. The summed E-state index contributed by atoms with van der Waals surface area (Å²) in [6.07, 6.45) is 4.80. The van der Waals surface area contributed by atoms with Gasteiger partial charge in [0.05, 0.1) is 4.88 Å². The van der Waals surface area contributed by atoms with Crippen LogP contribution < -0.4 is 5.32 Å². The number of nitrogens with zero attached hydrogens (tertiary/aromatic N) is 1. The predicted molar refractivity (Wildman–Crippen MR) is 88.2 cm³/mol. The van der Waals surface area contributed by atoms with Crippen molar-refractivity contribution in [2.45, 2.75) is 39.0 Å². The summed E-state index contributed by atoms with van der Waals surface area (Å²) in [5.74, 6) is 1.09. The van der Waals surface area contributed by atoms with E-state index in [2.05, 4.69) is 12.2 Å². The minimum atomic E-state index is 0.0610. The van der Waals surface area contributed by atoms with Crippen molar-refractivity contribution in [2.24, 2.45) is 11.8 Å². The minimum absolute atomic E-state index is 0.0610. The van der Waals surface area contributed by atoms with E-state index in [1.165, 1.54) is 10.4 Å². The van der Waals surface area contributed by atoms with Crippen LogP contribution in [0.2, 0.25) is 0 Å². The molecule has 1 N–H and O–H groups in total. The Morgan fingerprint density at radius 1 is 1.27 bits per heavy atom. The number of rotatable bonds is 2. The van der Waals surface area contributed by atoms with Gasteiger partial charge < -0.3 is 10.2 Å². The summed E-state index contributed by atoms with van der Waals surface area (Å²) in [7, 11) is 1.69. The van der Waals surface area contributed by atoms with Gasteiger partial charge in [0, 0.05) is 30.9 Å². The summed E-state index contributed by atoms with van der Waals surface area (Å²) in [5.41, 5.74) is 1.21. The molecule has 0 aromatic carbocycles. The third kappa shape index (κ3) is 3.05. The molecule has 0 radical (unpaired) electrons. The SMILES string of the molecule is CNC(=O)C1CCc2sc(C(=O)N3CCC(C)CC3)cc2C1. The van der Waals surface area contributed by atoms with E-state index in [0.29, 0.717) is 0 Å². The number of amides is 2. The van der Waals surface area contributed by atoms with E-state index in [-0.39, 0.29) is 17.7 Å². The fourth-order valence-corrected chi connectivity index (χ4v) is 4.60. The second kappa shape index (κ2) is 6.41. The fourth-order valence-electron chi connectivity index (χ4n) is 3.42. The first-order valence-electron chi connectivity index (χ1n) is 8.21. The van der Waals surface area contributed by atoms with Crippen molar-refractivity contribution in [3.63, 3.8) is 0 Å². The van der Waals surface area contributed by atoms with Gasteiger partial charge >= 0.3 is 0 Å². The van der Waals surface area contributed by atoms with Crippen LogP contribution >= 0.6 is 11.3 Å². The number of hydrogen-bond donors (Lipinski definition) is 1. The molecule has 1 atom stereocenters. The summed E-state index contributed by atoms with van der Waals surface area (Å²) >= 11 is 1.64. The Morgan fingerprint density at radius 2 is 2.00 bits per heavy atom. The lowest BCUT2D eigenvalue weighted by Gasteiger charge is -2.29. The van der Waals surface area contributed by atoms with Gasteiger partial charge in [-0.1, -0.05) is 6.92 Å². The van der Waals surface area contributed by atoms with Crippen LogP contribution in [0, 0.1) is 11.8 Å². The van der Waals surface area contributed by atoms with Gasteiger partial charge in [-0.05, 0) is 49.7 Å². The van der Waals surface area contributed by atoms with E-state index in [9.17, 15) is 9.59 Å². The third-order valence-corrected chi connectivity index (χ3v) is 6.21. The first-order valence-corrected chi connectivity index (χ1v) is 9.02. The van der Waals surface area contributed by atoms with Crippen molar-refractivity contribution >= 4 is 23.2 Å². The molecule has 5 heteroatoms. The maximum Gasteiger partial charge on any atom is 0.263 e. The number of carbonyl (C=O) groups is 2. The van der Waals surface area contributed by atoms with Crippen molar-refractivity contribution in [2.75, 3.05) is 20.1 Å². The number of thiophene rings is 1. The van der Waals surface area contributed by atoms with Crippen LogP contribution in [0.15, 0.2) is 6.07 Å². The maximum absolute atomic E-state index is 12.7. The number of carbonyl (C=O) groups excluding carboxylic acids is 2. The summed E-state index contributed by atoms with van der Waals surface area (Å²) in [6.45, 7) is 4.01. The normalized spacial score (nSPS) is 22.3. The first kappa shape index (κ1) is 15.5. The first-order chi connectivity index (χ1) is 10.6. The highest BCUT2D eigenvalue weighted by molar-refractivity contribution is 7.14. The second-order valence-corrected chi connectivity index (χ2v) is 7.72. The number of likely N-dealkylation sites (tertiary alicyclic amines) is 1. The topological polar surface area (TPSA) is 49.4 Å². The summed E-state index contributed by atoms with van der Waals surface area (Å²) in [4.78, 5) is 28.6. The van der Waals surface area contributed by atoms with E-state index in [4.69, 9.17) is 0 Å². The molecule has 1 aromatic rings. The molecule has 1 aromatic heterocycles. The Labute approximate surface area is 135 Å². The van der Waals surface area contributed by atoms with Gasteiger partial charge in [0.25, 0.3) is 5.91 Å². The quantitative estimate of drug-likeness (QED) is 0.910. The van der Waals surface area contributed by atoms with E-state index >= 15 is 0 Å². The molecule has 2 heterocycles. The van der Waals surface area contributed by atoms with Gasteiger partial charge in [-0.15, -0.1) is 11.3 Å². The average molecular weight is 320 g/mol. The predicted octanol–water partition coefficient (Wildman–Crippen LogP) is 2.47. The molecule has 2 amide bonds. The van der Waals surface area contributed by atoms with Gasteiger partial charge in [-0.25, -0.2) is 0 Å².